The maximum Gasteiger partial charge on any atom is 0.191 e. The van der Waals surface area contributed by atoms with E-state index < -0.39 is 0 Å². The number of aromatic nitrogens is 1. The predicted molar refractivity (Wildman–Crippen MR) is 114 cm³/mol. The van der Waals surface area contributed by atoms with E-state index in [4.69, 9.17) is 10.7 Å². The fraction of sp³-hybridized carbons (Fsp3) is 0.765. The van der Waals surface area contributed by atoms with Crippen LogP contribution in [0.5, 0.6) is 0 Å². The van der Waals surface area contributed by atoms with E-state index in [-0.39, 0.29) is 24.0 Å². The minimum Gasteiger partial charge on any atom is -0.370 e. The molecule has 0 bridgehead atoms. The smallest absolute Gasteiger partial charge is 0.191 e. The second-order valence-corrected chi connectivity index (χ2v) is 8.47. The second kappa shape index (κ2) is 8.69. The molecule has 1 aromatic heterocycles. The summed E-state index contributed by atoms with van der Waals surface area (Å²) in [6.07, 6.45) is 7.09. The number of thiazole rings is 1. The van der Waals surface area contributed by atoms with Crippen LogP contribution in [0.2, 0.25) is 0 Å². The van der Waals surface area contributed by atoms with Crippen LogP contribution >= 0.6 is 35.3 Å². The quantitative estimate of drug-likeness (QED) is 0.424. The third kappa shape index (κ3) is 5.21. The maximum atomic E-state index is 6.23. The van der Waals surface area contributed by atoms with E-state index in [9.17, 15) is 0 Å². The monoisotopic (exact) mass is 463 g/mol. The van der Waals surface area contributed by atoms with Crippen molar-refractivity contribution >= 4 is 46.4 Å². The van der Waals surface area contributed by atoms with Gasteiger partial charge in [0.1, 0.15) is 0 Å². The van der Waals surface area contributed by atoms with Gasteiger partial charge in [0.05, 0.1) is 0 Å². The van der Waals surface area contributed by atoms with E-state index in [1.807, 2.05) is 11.6 Å². The molecule has 0 amide bonds. The van der Waals surface area contributed by atoms with Gasteiger partial charge in [-0.25, -0.2) is 4.98 Å². The molecule has 3 rings (SSSR count). The highest BCUT2D eigenvalue weighted by molar-refractivity contribution is 14.0. The summed E-state index contributed by atoms with van der Waals surface area (Å²) in [5.74, 6) is 1.45. The maximum absolute atomic E-state index is 6.23. The Bertz CT molecular complexity index is 513. The van der Waals surface area contributed by atoms with Gasteiger partial charge >= 0.3 is 0 Å². The summed E-state index contributed by atoms with van der Waals surface area (Å²) < 4.78 is 0. The fourth-order valence-electron chi connectivity index (χ4n) is 3.46. The molecule has 2 aliphatic rings. The molecule has 24 heavy (non-hydrogen) atoms. The summed E-state index contributed by atoms with van der Waals surface area (Å²) in [5, 5.41) is 3.15. The minimum absolute atomic E-state index is 0. The van der Waals surface area contributed by atoms with Gasteiger partial charge in [-0.2, -0.15) is 0 Å². The van der Waals surface area contributed by atoms with Gasteiger partial charge in [-0.3, -0.25) is 4.99 Å². The Morgan fingerprint density at radius 2 is 1.96 bits per heavy atom. The average Bonchev–Trinajstić information content (AvgIpc) is 3.08. The van der Waals surface area contributed by atoms with Crippen LogP contribution in [0.25, 0.3) is 0 Å². The van der Waals surface area contributed by atoms with Crippen molar-refractivity contribution in [2.75, 3.05) is 37.6 Å². The Morgan fingerprint density at radius 3 is 2.54 bits per heavy atom. The molecule has 0 atom stereocenters. The van der Waals surface area contributed by atoms with Crippen molar-refractivity contribution in [3.05, 3.63) is 11.6 Å². The van der Waals surface area contributed by atoms with E-state index in [0.717, 1.165) is 49.7 Å². The lowest BCUT2D eigenvalue weighted by Gasteiger charge is -2.36. The Hall–Kier alpha value is -0.570. The van der Waals surface area contributed by atoms with Crippen LogP contribution in [-0.4, -0.2) is 48.6 Å². The van der Waals surface area contributed by atoms with E-state index in [1.54, 1.807) is 11.3 Å². The molecule has 0 aromatic carbocycles. The van der Waals surface area contributed by atoms with Crippen molar-refractivity contribution in [2.45, 2.75) is 39.5 Å². The summed E-state index contributed by atoms with van der Waals surface area (Å²) >= 11 is 1.70. The molecular weight excluding hydrogens is 433 g/mol. The van der Waals surface area contributed by atoms with Gasteiger partial charge in [0.2, 0.25) is 0 Å². The number of hydrogen-bond acceptors (Lipinski definition) is 4. The van der Waals surface area contributed by atoms with Gasteiger partial charge in [-0.15, -0.1) is 35.3 Å². The van der Waals surface area contributed by atoms with Gasteiger partial charge in [-0.05, 0) is 37.0 Å². The predicted octanol–water partition coefficient (Wildman–Crippen LogP) is 3.41. The largest absolute Gasteiger partial charge is 0.370 e. The first-order valence-corrected chi connectivity index (χ1v) is 9.61. The molecule has 136 valence electrons. The molecule has 1 saturated heterocycles. The Kier molecular flexibility index (Phi) is 7.15. The Morgan fingerprint density at radius 1 is 1.29 bits per heavy atom. The fourth-order valence-corrected chi connectivity index (χ4v) is 4.16. The van der Waals surface area contributed by atoms with Crippen molar-refractivity contribution in [3.63, 3.8) is 0 Å². The topological polar surface area (TPSA) is 57.8 Å². The highest BCUT2D eigenvalue weighted by Crippen LogP contribution is 2.37. The molecule has 7 heteroatoms. The van der Waals surface area contributed by atoms with Gasteiger partial charge in [0, 0.05) is 44.3 Å². The number of hydrogen-bond donors (Lipinski definition) is 1. The number of aliphatic imine (C=N–C) groups is 1. The number of rotatable bonds is 3. The van der Waals surface area contributed by atoms with E-state index in [2.05, 4.69) is 28.6 Å². The first-order valence-electron chi connectivity index (χ1n) is 8.73. The van der Waals surface area contributed by atoms with E-state index in [1.165, 1.54) is 25.7 Å². The molecule has 2 N–H and O–H groups in total. The van der Waals surface area contributed by atoms with Crippen LogP contribution in [0.15, 0.2) is 16.6 Å². The first kappa shape index (κ1) is 19.8. The average molecular weight is 463 g/mol. The highest BCUT2D eigenvalue weighted by Gasteiger charge is 2.27. The molecule has 2 fully saturated rings. The number of guanidine groups is 1. The summed E-state index contributed by atoms with van der Waals surface area (Å²) in [4.78, 5) is 13.6. The molecule has 1 aliphatic heterocycles. The van der Waals surface area contributed by atoms with Crippen LogP contribution < -0.4 is 10.6 Å². The lowest BCUT2D eigenvalue weighted by molar-refractivity contribution is 0.195. The molecule has 5 nitrogen and oxygen atoms in total. The van der Waals surface area contributed by atoms with Crippen LogP contribution in [0.1, 0.15) is 39.5 Å². The van der Waals surface area contributed by atoms with Crippen molar-refractivity contribution in [1.29, 1.82) is 0 Å². The van der Waals surface area contributed by atoms with Crippen molar-refractivity contribution < 1.29 is 0 Å². The number of halogens is 1. The summed E-state index contributed by atoms with van der Waals surface area (Å²) in [6.45, 7) is 9.47. The highest BCUT2D eigenvalue weighted by atomic mass is 127. The van der Waals surface area contributed by atoms with E-state index >= 15 is 0 Å². The van der Waals surface area contributed by atoms with Crippen LogP contribution in [0, 0.1) is 11.3 Å². The number of anilines is 1. The summed E-state index contributed by atoms with van der Waals surface area (Å²) in [5.41, 5.74) is 6.75. The lowest BCUT2D eigenvalue weighted by atomic mass is 9.73. The molecule has 0 unspecified atom stereocenters. The van der Waals surface area contributed by atoms with Gasteiger partial charge in [-0.1, -0.05) is 13.8 Å². The Labute approximate surface area is 166 Å². The third-order valence-corrected chi connectivity index (χ3v) is 6.10. The standard InChI is InChI=1S/C17H29N5S.HI/c1-17(2)5-3-14(4-6-17)13-20-15(18)21-8-10-22(11-9-21)16-19-7-12-23-16;/h7,12,14H,3-6,8-11,13H2,1-2H3,(H2,18,20);1H. The molecule has 2 heterocycles. The zero-order valence-electron chi connectivity index (χ0n) is 14.8. The number of piperazine rings is 1. The lowest BCUT2D eigenvalue weighted by Crippen LogP contribution is -2.51. The van der Waals surface area contributed by atoms with Gasteiger partial charge < -0.3 is 15.5 Å². The molecule has 0 spiro atoms. The van der Waals surface area contributed by atoms with Gasteiger partial charge in [0.25, 0.3) is 0 Å². The molecule has 1 saturated carbocycles. The van der Waals surface area contributed by atoms with Crippen molar-refractivity contribution in [3.8, 4) is 0 Å². The molecule has 1 aliphatic carbocycles. The zero-order valence-corrected chi connectivity index (χ0v) is 17.9. The Balaban J connectivity index is 0.00000208. The summed E-state index contributed by atoms with van der Waals surface area (Å²) in [7, 11) is 0. The van der Waals surface area contributed by atoms with E-state index in [0.29, 0.717) is 5.41 Å². The SMILES string of the molecule is CC1(C)CCC(CN=C(N)N2CCN(c3nccs3)CC2)CC1.I. The van der Waals surface area contributed by atoms with Crippen molar-refractivity contribution in [2.24, 2.45) is 22.1 Å². The normalized spacial score (nSPS) is 22.3. The molecule has 1 aromatic rings. The van der Waals surface area contributed by atoms with Crippen LogP contribution in [0.4, 0.5) is 5.13 Å². The number of nitrogens with zero attached hydrogens (tertiary/aromatic N) is 4. The van der Waals surface area contributed by atoms with Crippen molar-refractivity contribution in [1.82, 2.24) is 9.88 Å². The number of nitrogens with two attached hydrogens (primary N) is 1. The zero-order chi connectivity index (χ0) is 16.3. The second-order valence-electron chi connectivity index (χ2n) is 7.60. The van der Waals surface area contributed by atoms with Gasteiger partial charge in [0.15, 0.2) is 11.1 Å². The molecular formula is C17H30IN5S. The first-order chi connectivity index (χ1) is 11.0. The minimum atomic E-state index is 0. The summed E-state index contributed by atoms with van der Waals surface area (Å²) in [6, 6.07) is 0. The third-order valence-electron chi connectivity index (χ3n) is 5.26. The molecule has 0 radical (unpaired) electrons. The van der Waals surface area contributed by atoms with Crippen LogP contribution in [-0.2, 0) is 0 Å². The van der Waals surface area contributed by atoms with Crippen LogP contribution in [0.3, 0.4) is 0 Å².